The van der Waals surface area contributed by atoms with Crippen molar-refractivity contribution in [2.24, 2.45) is 0 Å². The van der Waals surface area contributed by atoms with E-state index in [0.717, 1.165) is 0 Å². The van der Waals surface area contributed by atoms with Crippen LogP contribution in [0.25, 0.3) is 0 Å². The van der Waals surface area contributed by atoms with E-state index >= 15 is 0 Å². The van der Waals surface area contributed by atoms with Crippen molar-refractivity contribution in [2.75, 3.05) is 0 Å². The summed E-state index contributed by atoms with van der Waals surface area (Å²) in [6, 6.07) is 0. The third kappa shape index (κ3) is 2.13. The van der Waals surface area contributed by atoms with Gasteiger partial charge in [0.1, 0.15) is 0 Å². The van der Waals surface area contributed by atoms with Crippen LogP contribution < -0.4 is 0 Å². The van der Waals surface area contributed by atoms with Crippen molar-refractivity contribution in [3.63, 3.8) is 0 Å². The van der Waals surface area contributed by atoms with Crippen LogP contribution in [0.1, 0.15) is 6.92 Å². The summed E-state index contributed by atoms with van der Waals surface area (Å²) in [6.07, 6.45) is 14.3. The van der Waals surface area contributed by atoms with E-state index in [9.17, 15) is 0 Å². The van der Waals surface area contributed by atoms with Crippen molar-refractivity contribution in [3.05, 3.63) is 48.1 Å². The second kappa shape index (κ2) is 3.08. The predicted octanol–water partition coefficient (Wildman–Crippen LogP) is 2.61. The van der Waals surface area contributed by atoms with Crippen LogP contribution in [0.3, 0.4) is 0 Å². The molecule has 0 heteroatoms. The standard InChI is InChI=1S/C9H10/c1-9-7-5-3-2-4-6-8-9/h2-8H,1H3/b3-2+,4-2?,5-3?,6-4-,7-5+,8-6?,9-7?,9-8-. The van der Waals surface area contributed by atoms with Gasteiger partial charge >= 0.3 is 0 Å². The van der Waals surface area contributed by atoms with E-state index in [1.165, 1.54) is 5.57 Å². The van der Waals surface area contributed by atoms with Crippen LogP contribution in [0, 0.1) is 0 Å². The Kier molecular flexibility index (Phi) is 2.08. The van der Waals surface area contributed by atoms with E-state index < -0.39 is 0 Å². The molecule has 0 amide bonds. The molecule has 0 aliphatic heterocycles. The van der Waals surface area contributed by atoms with E-state index in [0.29, 0.717) is 0 Å². The second-order valence-corrected chi connectivity index (χ2v) is 2.04. The number of hydrogen-bond donors (Lipinski definition) is 0. The van der Waals surface area contributed by atoms with Gasteiger partial charge in [-0.1, -0.05) is 48.1 Å². The highest BCUT2D eigenvalue weighted by Crippen LogP contribution is 1.98. The third-order valence-electron chi connectivity index (χ3n) is 1.16. The Morgan fingerprint density at radius 3 is 2.44 bits per heavy atom. The lowest BCUT2D eigenvalue weighted by Crippen LogP contribution is -1.66. The fourth-order valence-electron chi connectivity index (χ4n) is 0.663. The molecule has 0 fully saturated rings. The summed E-state index contributed by atoms with van der Waals surface area (Å²) >= 11 is 0. The molecule has 0 saturated carbocycles. The molecule has 46 valence electrons. The number of hydrogen-bond acceptors (Lipinski definition) is 0. The monoisotopic (exact) mass is 118 g/mol. The van der Waals surface area contributed by atoms with Crippen molar-refractivity contribution >= 4 is 0 Å². The zero-order chi connectivity index (χ0) is 6.53. The maximum atomic E-state index is 2.08. The van der Waals surface area contributed by atoms with Gasteiger partial charge in [0.2, 0.25) is 0 Å². The fourth-order valence-corrected chi connectivity index (χ4v) is 0.663. The molecule has 0 N–H and O–H groups in total. The van der Waals surface area contributed by atoms with Crippen LogP contribution in [0.5, 0.6) is 0 Å². The molecule has 9 heavy (non-hydrogen) atoms. The highest BCUT2D eigenvalue weighted by Gasteiger charge is 1.77. The van der Waals surface area contributed by atoms with Gasteiger partial charge in [-0.05, 0) is 6.92 Å². The van der Waals surface area contributed by atoms with Gasteiger partial charge in [0, 0.05) is 0 Å². The van der Waals surface area contributed by atoms with Gasteiger partial charge in [0.05, 0.1) is 0 Å². The zero-order valence-corrected chi connectivity index (χ0v) is 5.54. The average Bonchev–Trinajstić information content (AvgIpc) is 1.79. The van der Waals surface area contributed by atoms with E-state index in [1.54, 1.807) is 0 Å². The lowest BCUT2D eigenvalue weighted by atomic mass is 10.2. The number of allylic oxidation sites excluding steroid dienone is 8. The Balaban J connectivity index is 2.77. The van der Waals surface area contributed by atoms with Gasteiger partial charge in [-0.2, -0.15) is 0 Å². The largest absolute Gasteiger partial charge is 0.0623 e. The van der Waals surface area contributed by atoms with Crippen LogP contribution >= 0.6 is 0 Å². The molecule has 0 aromatic rings. The summed E-state index contributed by atoms with van der Waals surface area (Å²) in [5.41, 5.74) is 1.29. The molecule has 0 spiro atoms. The molecule has 0 aromatic heterocycles. The molecule has 1 aliphatic rings. The van der Waals surface area contributed by atoms with E-state index in [1.807, 2.05) is 30.4 Å². The van der Waals surface area contributed by atoms with Crippen LogP contribution in [0.15, 0.2) is 48.1 Å². The summed E-state index contributed by atoms with van der Waals surface area (Å²) < 4.78 is 0. The predicted molar refractivity (Wildman–Crippen MR) is 41.2 cm³/mol. The molecule has 1 aliphatic carbocycles. The lowest BCUT2D eigenvalue weighted by Gasteiger charge is -1.87. The first-order valence-corrected chi connectivity index (χ1v) is 3.08. The van der Waals surface area contributed by atoms with E-state index in [2.05, 4.69) is 19.1 Å². The van der Waals surface area contributed by atoms with Crippen LogP contribution in [-0.4, -0.2) is 0 Å². The van der Waals surface area contributed by atoms with Gasteiger partial charge in [-0.25, -0.2) is 0 Å². The minimum absolute atomic E-state index is 1.29. The molecule has 0 saturated heterocycles. The molecule has 1 rings (SSSR count). The fraction of sp³-hybridized carbons (Fsp3) is 0.111. The zero-order valence-electron chi connectivity index (χ0n) is 5.54. The summed E-state index contributed by atoms with van der Waals surface area (Å²) in [6.45, 7) is 2.08. The minimum Gasteiger partial charge on any atom is -0.0623 e. The second-order valence-electron chi connectivity index (χ2n) is 2.04. The Hall–Kier alpha value is -1.04. The van der Waals surface area contributed by atoms with Crippen molar-refractivity contribution < 1.29 is 0 Å². The Bertz CT molecular complexity index is 190. The van der Waals surface area contributed by atoms with E-state index in [-0.39, 0.29) is 0 Å². The quantitative estimate of drug-likeness (QED) is 0.458. The maximum absolute atomic E-state index is 2.08. The Morgan fingerprint density at radius 2 is 1.56 bits per heavy atom. The van der Waals surface area contributed by atoms with Gasteiger partial charge in [0.15, 0.2) is 0 Å². The van der Waals surface area contributed by atoms with Crippen molar-refractivity contribution in [2.45, 2.75) is 6.92 Å². The average molecular weight is 118 g/mol. The summed E-state index contributed by atoms with van der Waals surface area (Å²) in [5, 5.41) is 0. The molecule has 0 aromatic carbocycles. The van der Waals surface area contributed by atoms with Crippen LogP contribution in [0.4, 0.5) is 0 Å². The van der Waals surface area contributed by atoms with Crippen molar-refractivity contribution in [3.8, 4) is 0 Å². The van der Waals surface area contributed by atoms with Gasteiger partial charge in [-0.15, -0.1) is 0 Å². The third-order valence-corrected chi connectivity index (χ3v) is 1.16. The highest BCUT2D eigenvalue weighted by molar-refractivity contribution is 5.29. The molecule has 0 radical (unpaired) electrons. The topological polar surface area (TPSA) is 0 Å². The van der Waals surface area contributed by atoms with E-state index in [4.69, 9.17) is 0 Å². The lowest BCUT2D eigenvalue weighted by molar-refractivity contribution is 1.51. The summed E-state index contributed by atoms with van der Waals surface area (Å²) in [4.78, 5) is 0. The summed E-state index contributed by atoms with van der Waals surface area (Å²) in [5.74, 6) is 0. The Labute approximate surface area is 55.9 Å². The maximum Gasteiger partial charge on any atom is -0.0398 e. The highest BCUT2D eigenvalue weighted by atomic mass is 13.8. The minimum atomic E-state index is 1.29. The smallest absolute Gasteiger partial charge is 0.0398 e. The van der Waals surface area contributed by atoms with Gasteiger partial charge in [-0.3, -0.25) is 0 Å². The SMILES string of the molecule is CC1=C/C=C\C=C\C=C\1. The van der Waals surface area contributed by atoms with Crippen LogP contribution in [0.2, 0.25) is 0 Å². The molecular formula is C9H10. The van der Waals surface area contributed by atoms with Gasteiger partial charge < -0.3 is 0 Å². The van der Waals surface area contributed by atoms with Crippen molar-refractivity contribution in [1.29, 1.82) is 0 Å². The van der Waals surface area contributed by atoms with Crippen molar-refractivity contribution in [1.82, 2.24) is 0 Å². The Morgan fingerprint density at radius 1 is 0.889 bits per heavy atom. The number of rotatable bonds is 0. The van der Waals surface area contributed by atoms with Gasteiger partial charge in [0.25, 0.3) is 0 Å². The normalized spacial score (nSPS) is 33.2. The van der Waals surface area contributed by atoms with Crippen LogP contribution in [-0.2, 0) is 0 Å². The molecular weight excluding hydrogens is 108 g/mol. The first kappa shape index (κ1) is 6.09. The summed E-state index contributed by atoms with van der Waals surface area (Å²) in [7, 11) is 0. The molecule has 0 atom stereocenters. The molecule has 0 unspecified atom stereocenters. The molecule has 0 heterocycles. The molecule has 0 bridgehead atoms. The molecule has 0 nitrogen and oxygen atoms in total. The first-order valence-electron chi connectivity index (χ1n) is 3.08. The first-order chi connectivity index (χ1) is 4.39.